The smallest absolute Gasteiger partial charge is 0.200 e. The van der Waals surface area contributed by atoms with Crippen LogP contribution in [0, 0.1) is 0 Å². The third kappa shape index (κ3) is 3.27. The first kappa shape index (κ1) is 15.7. The molecule has 0 spiro atoms. The number of hydrogen-bond acceptors (Lipinski definition) is 4. The summed E-state index contributed by atoms with van der Waals surface area (Å²) in [6.07, 6.45) is 3.51. The molecule has 3 rings (SSSR count). The first-order valence-corrected chi connectivity index (χ1v) is 7.98. The van der Waals surface area contributed by atoms with Crippen LogP contribution in [0.15, 0.2) is 36.4 Å². The molecule has 0 aliphatic heterocycles. The molecule has 4 nitrogen and oxygen atoms in total. The Balaban J connectivity index is 1.77. The summed E-state index contributed by atoms with van der Waals surface area (Å²) in [6, 6.07) is 12.7. The van der Waals surface area contributed by atoms with E-state index >= 15 is 0 Å². The van der Waals surface area contributed by atoms with Gasteiger partial charge in [0.15, 0.2) is 11.5 Å². The molecule has 1 unspecified atom stereocenters. The Hall–Kier alpha value is -2.20. The van der Waals surface area contributed by atoms with E-state index in [-0.39, 0.29) is 5.75 Å². The number of aryl methyl sites for hydroxylation is 1. The van der Waals surface area contributed by atoms with Crippen molar-refractivity contribution in [1.82, 2.24) is 5.32 Å². The van der Waals surface area contributed by atoms with Crippen molar-refractivity contribution in [2.24, 2.45) is 0 Å². The number of phenols is 1. The number of methoxy groups -OCH3 is 2. The molecular weight excluding hydrogens is 290 g/mol. The third-order valence-electron chi connectivity index (χ3n) is 4.46. The molecule has 0 amide bonds. The third-order valence-corrected chi connectivity index (χ3v) is 4.46. The van der Waals surface area contributed by atoms with E-state index in [4.69, 9.17) is 9.47 Å². The minimum Gasteiger partial charge on any atom is -0.502 e. The van der Waals surface area contributed by atoms with Gasteiger partial charge in [-0.25, -0.2) is 0 Å². The van der Waals surface area contributed by atoms with Crippen molar-refractivity contribution in [2.75, 3.05) is 14.2 Å². The van der Waals surface area contributed by atoms with Gasteiger partial charge in [0.05, 0.1) is 14.2 Å². The fourth-order valence-electron chi connectivity index (χ4n) is 3.26. The predicted molar refractivity (Wildman–Crippen MR) is 90.2 cm³/mol. The lowest BCUT2D eigenvalue weighted by molar-refractivity contribution is 0.338. The van der Waals surface area contributed by atoms with Gasteiger partial charge in [0.2, 0.25) is 5.75 Å². The first-order chi connectivity index (χ1) is 11.2. The number of phenolic OH excluding ortho intramolecular Hbond substituents is 1. The van der Waals surface area contributed by atoms with Crippen LogP contribution in [0.5, 0.6) is 17.2 Å². The van der Waals surface area contributed by atoms with Crippen LogP contribution in [-0.2, 0) is 13.0 Å². The van der Waals surface area contributed by atoms with Crippen LogP contribution in [0.25, 0.3) is 0 Å². The van der Waals surface area contributed by atoms with Crippen LogP contribution >= 0.6 is 0 Å². The molecular formula is C19H23NO3. The minimum absolute atomic E-state index is 0.0433. The Labute approximate surface area is 137 Å². The normalized spacial score (nSPS) is 16.7. The summed E-state index contributed by atoms with van der Waals surface area (Å²) in [6.45, 7) is 0.700. The van der Waals surface area contributed by atoms with E-state index in [9.17, 15) is 5.11 Å². The minimum atomic E-state index is 0.0433. The number of nitrogens with one attached hydrogen (secondary N) is 1. The summed E-state index contributed by atoms with van der Waals surface area (Å²) >= 11 is 0. The van der Waals surface area contributed by atoms with E-state index < -0.39 is 0 Å². The molecule has 0 fully saturated rings. The maximum Gasteiger partial charge on any atom is 0.200 e. The Bertz CT molecular complexity index is 659. The van der Waals surface area contributed by atoms with Crippen LogP contribution in [0.2, 0.25) is 0 Å². The maximum atomic E-state index is 9.99. The van der Waals surface area contributed by atoms with E-state index in [1.807, 2.05) is 12.1 Å². The second kappa shape index (κ2) is 6.92. The molecule has 1 atom stereocenters. The summed E-state index contributed by atoms with van der Waals surface area (Å²) in [7, 11) is 3.09. The zero-order valence-corrected chi connectivity index (χ0v) is 13.6. The number of benzene rings is 2. The van der Waals surface area contributed by atoms with Crippen molar-refractivity contribution in [3.8, 4) is 17.2 Å². The summed E-state index contributed by atoms with van der Waals surface area (Å²) in [5.74, 6) is 0.914. The molecule has 4 heteroatoms. The molecule has 0 saturated heterocycles. The summed E-state index contributed by atoms with van der Waals surface area (Å²) < 4.78 is 10.4. The monoisotopic (exact) mass is 313 g/mol. The van der Waals surface area contributed by atoms with Crippen molar-refractivity contribution in [3.63, 3.8) is 0 Å². The summed E-state index contributed by atoms with van der Waals surface area (Å²) in [5.41, 5.74) is 3.87. The van der Waals surface area contributed by atoms with Gasteiger partial charge in [-0.2, -0.15) is 0 Å². The lowest BCUT2D eigenvalue weighted by Crippen LogP contribution is -2.24. The largest absolute Gasteiger partial charge is 0.502 e. The summed E-state index contributed by atoms with van der Waals surface area (Å²) in [5, 5.41) is 13.6. The van der Waals surface area contributed by atoms with Crippen molar-refractivity contribution in [3.05, 3.63) is 53.1 Å². The molecule has 0 bridgehead atoms. The van der Waals surface area contributed by atoms with E-state index in [1.54, 1.807) is 14.2 Å². The maximum absolute atomic E-state index is 9.99. The molecule has 2 N–H and O–H groups in total. The van der Waals surface area contributed by atoms with Gasteiger partial charge in [0.1, 0.15) is 0 Å². The summed E-state index contributed by atoms with van der Waals surface area (Å²) in [4.78, 5) is 0. The molecule has 2 aromatic rings. The van der Waals surface area contributed by atoms with E-state index in [0.717, 1.165) is 18.4 Å². The molecule has 1 aliphatic carbocycles. The van der Waals surface area contributed by atoms with Gasteiger partial charge < -0.3 is 19.9 Å². The van der Waals surface area contributed by atoms with Crippen molar-refractivity contribution in [1.29, 1.82) is 0 Å². The SMILES string of the molecule is COc1cc(CNC2CCCc3ccccc32)cc(OC)c1O. The molecule has 23 heavy (non-hydrogen) atoms. The Kier molecular flexibility index (Phi) is 4.72. The van der Waals surface area contributed by atoms with Gasteiger partial charge in [-0.3, -0.25) is 0 Å². The molecule has 1 aliphatic rings. The fourth-order valence-corrected chi connectivity index (χ4v) is 3.26. The average Bonchev–Trinajstić information content (AvgIpc) is 2.60. The Morgan fingerprint density at radius 2 is 1.83 bits per heavy atom. The number of ether oxygens (including phenoxy) is 2. The number of rotatable bonds is 5. The molecule has 0 heterocycles. The van der Waals surface area contributed by atoms with Gasteiger partial charge in [-0.1, -0.05) is 24.3 Å². The van der Waals surface area contributed by atoms with Gasteiger partial charge in [-0.05, 0) is 48.1 Å². The van der Waals surface area contributed by atoms with E-state index in [1.165, 1.54) is 17.5 Å². The quantitative estimate of drug-likeness (QED) is 0.886. The highest BCUT2D eigenvalue weighted by Gasteiger charge is 2.19. The first-order valence-electron chi connectivity index (χ1n) is 7.98. The highest BCUT2D eigenvalue weighted by Crippen LogP contribution is 2.37. The van der Waals surface area contributed by atoms with Gasteiger partial charge in [0.25, 0.3) is 0 Å². The second-order valence-corrected chi connectivity index (χ2v) is 5.87. The molecule has 0 saturated carbocycles. The zero-order valence-electron chi connectivity index (χ0n) is 13.6. The van der Waals surface area contributed by atoms with E-state index in [0.29, 0.717) is 24.1 Å². The Morgan fingerprint density at radius 3 is 2.52 bits per heavy atom. The topological polar surface area (TPSA) is 50.7 Å². The van der Waals surface area contributed by atoms with Crippen LogP contribution in [0.3, 0.4) is 0 Å². The van der Waals surface area contributed by atoms with Crippen LogP contribution < -0.4 is 14.8 Å². The van der Waals surface area contributed by atoms with Crippen molar-refractivity contribution < 1.29 is 14.6 Å². The van der Waals surface area contributed by atoms with Crippen molar-refractivity contribution in [2.45, 2.75) is 31.8 Å². The van der Waals surface area contributed by atoms with Crippen molar-refractivity contribution >= 4 is 0 Å². The predicted octanol–water partition coefficient (Wildman–Crippen LogP) is 3.58. The van der Waals surface area contributed by atoms with Crippen LogP contribution in [0.4, 0.5) is 0 Å². The number of aromatic hydroxyl groups is 1. The van der Waals surface area contributed by atoms with Gasteiger partial charge in [0, 0.05) is 12.6 Å². The van der Waals surface area contributed by atoms with E-state index in [2.05, 4.69) is 29.6 Å². The molecule has 0 radical (unpaired) electrons. The number of fused-ring (bicyclic) bond motifs is 1. The highest BCUT2D eigenvalue weighted by atomic mass is 16.5. The lowest BCUT2D eigenvalue weighted by atomic mass is 9.87. The highest BCUT2D eigenvalue weighted by molar-refractivity contribution is 5.52. The average molecular weight is 313 g/mol. The van der Waals surface area contributed by atoms with Crippen LogP contribution in [0.1, 0.15) is 35.6 Å². The zero-order chi connectivity index (χ0) is 16.2. The standard InChI is InChI=1S/C19H23NO3/c1-22-17-10-13(11-18(23-2)19(17)21)12-20-16-9-5-7-14-6-3-4-8-15(14)16/h3-4,6,8,10-11,16,20-21H,5,7,9,12H2,1-2H3. The molecule has 122 valence electrons. The molecule has 2 aromatic carbocycles. The fraction of sp³-hybridized carbons (Fsp3) is 0.368. The number of hydrogen-bond donors (Lipinski definition) is 2. The lowest BCUT2D eigenvalue weighted by Gasteiger charge is -2.26. The molecule has 0 aromatic heterocycles. The second-order valence-electron chi connectivity index (χ2n) is 5.87. The Morgan fingerprint density at radius 1 is 1.13 bits per heavy atom. The van der Waals surface area contributed by atoms with Crippen LogP contribution in [-0.4, -0.2) is 19.3 Å². The van der Waals surface area contributed by atoms with Gasteiger partial charge >= 0.3 is 0 Å². The van der Waals surface area contributed by atoms with Gasteiger partial charge in [-0.15, -0.1) is 0 Å².